The van der Waals surface area contributed by atoms with Crippen LogP contribution in [0.3, 0.4) is 0 Å². The van der Waals surface area contributed by atoms with Crippen LogP contribution in [0.4, 0.5) is 0 Å². The molecule has 0 radical (unpaired) electrons. The first kappa shape index (κ1) is 29.6. The molecule has 0 saturated heterocycles. The minimum absolute atomic E-state index is 0.819. The molecule has 2 aromatic heterocycles. The molecule has 0 saturated carbocycles. The van der Waals surface area contributed by atoms with Gasteiger partial charge in [-0.1, -0.05) is 6.58 Å². The molecule has 0 fully saturated rings. The summed E-state index contributed by atoms with van der Waals surface area (Å²) in [5, 5.41) is 38.1. The van der Waals surface area contributed by atoms with E-state index in [0.717, 1.165) is 44.1 Å². The Bertz CT molecular complexity index is 952. The zero-order valence-electron chi connectivity index (χ0n) is 20.3. The van der Waals surface area contributed by atoms with Crippen molar-refractivity contribution in [3.05, 3.63) is 48.2 Å². The standard InChI is InChI=1S/C17H26N4O.C6H8O7/c1-5-21-15(2)16(12-18-21)13-20(10-7-9-19(3)4)14-17-8-6-11-22-17;7-3(8)1-6(13,5(11)12)2-4(9)10/h5-6,8,11-12H,1,7,9-10,13-14H2,2-4H3;13H,1-2H2,(H,7,8)(H,9,10)(H,11,12). The molecule has 194 valence electrons. The first-order chi connectivity index (χ1) is 16.4. The number of carboxylic acid groups (broad SMARTS) is 3. The van der Waals surface area contributed by atoms with Crippen LogP contribution in [-0.4, -0.2) is 90.7 Å². The molecule has 0 aliphatic heterocycles. The van der Waals surface area contributed by atoms with E-state index in [1.54, 1.807) is 12.5 Å². The average Bonchev–Trinajstić information content (AvgIpc) is 3.36. The van der Waals surface area contributed by atoms with Gasteiger partial charge in [-0.2, -0.15) is 5.10 Å². The normalized spacial score (nSPS) is 11.3. The molecule has 35 heavy (non-hydrogen) atoms. The summed E-state index contributed by atoms with van der Waals surface area (Å²) in [6, 6.07) is 3.97. The topological polar surface area (TPSA) is 170 Å². The van der Waals surface area contributed by atoms with Crippen molar-refractivity contribution in [1.29, 1.82) is 0 Å². The van der Waals surface area contributed by atoms with Gasteiger partial charge in [-0.3, -0.25) is 14.5 Å². The first-order valence-electron chi connectivity index (χ1n) is 10.8. The van der Waals surface area contributed by atoms with Crippen molar-refractivity contribution in [1.82, 2.24) is 19.6 Å². The van der Waals surface area contributed by atoms with Crippen LogP contribution in [0, 0.1) is 6.92 Å². The minimum Gasteiger partial charge on any atom is -0.481 e. The molecule has 2 aromatic rings. The molecule has 0 bridgehead atoms. The maximum absolute atomic E-state index is 10.3. The van der Waals surface area contributed by atoms with E-state index in [1.807, 2.05) is 23.0 Å². The van der Waals surface area contributed by atoms with E-state index < -0.39 is 36.4 Å². The van der Waals surface area contributed by atoms with Gasteiger partial charge >= 0.3 is 17.9 Å². The number of carbonyl (C=O) groups is 3. The van der Waals surface area contributed by atoms with Crippen molar-refractivity contribution in [3.63, 3.8) is 0 Å². The Hall–Kier alpha value is -3.48. The van der Waals surface area contributed by atoms with Crippen LogP contribution in [0.25, 0.3) is 6.20 Å². The third-order valence-corrected chi connectivity index (χ3v) is 5.04. The molecule has 0 spiro atoms. The number of aromatic nitrogens is 2. The van der Waals surface area contributed by atoms with Gasteiger partial charge in [-0.05, 0) is 46.1 Å². The summed E-state index contributed by atoms with van der Waals surface area (Å²) in [6.45, 7) is 9.65. The number of carboxylic acids is 3. The number of rotatable bonds is 14. The Labute approximate surface area is 203 Å². The molecule has 0 unspecified atom stereocenters. The summed E-state index contributed by atoms with van der Waals surface area (Å²) in [7, 11) is 4.21. The van der Waals surface area contributed by atoms with Gasteiger partial charge in [0.25, 0.3) is 0 Å². The van der Waals surface area contributed by atoms with E-state index in [1.165, 1.54) is 5.56 Å². The summed E-state index contributed by atoms with van der Waals surface area (Å²) in [5.74, 6) is -4.02. The highest BCUT2D eigenvalue weighted by Crippen LogP contribution is 2.16. The molecule has 0 aliphatic carbocycles. The Morgan fingerprint density at radius 3 is 2.20 bits per heavy atom. The quantitative estimate of drug-likeness (QED) is 0.301. The monoisotopic (exact) mass is 494 g/mol. The number of nitrogens with zero attached hydrogens (tertiary/aromatic N) is 4. The fraction of sp³-hybridized carbons (Fsp3) is 0.478. The average molecular weight is 495 g/mol. The molecule has 4 N–H and O–H groups in total. The van der Waals surface area contributed by atoms with Gasteiger partial charge < -0.3 is 29.7 Å². The molecule has 12 nitrogen and oxygen atoms in total. The van der Waals surface area contributed by atoms with E-state index in [4.69, 9.17) is 24.8 Å². The van der Waals surface area contributed by atoms with Crippen LogP contribution in [0.1, 0.15) is 36.3 Å². The Morgan fingerprint density at radius 2 is 1.77 bits per heavy atom. The van der Waals surface area contributed by atoms with E-state index >= 15 is 0 Å². The maximum Gasteiger partial charge on any atom is 0.336 e. The van der Waals surface area contributed by atoms with Crippen LogP contribution >= 0.6 is 0 Å². The highest BCUT2D eigenvalue weighted by molar-refractivity contribution is 5.88. The van der Waals surface area contributed by atoms with Gasteiger partial charge in [-0.25, -0.2) is 9.48 Å². The number of hydrogen-bond donors (Lipinski definition) is 4. The van der Waals surface area contributed by atoms with Gasteiger partial charge in [0.2, 0.25) is 0 Å². The zero-order valence-corrected chi connectivity index (χ0v) is 20.3. The highest BCUT2D eigenvalue weighted by atomic mass is 16.4. The lowest BCUT2D eigenvalue weighted by Gasteiger charge is -2.22. The van der Waals surface area contributed by atoms with Gasteiger partial charge in [-0.15, -0.1) is 0 Å². The van der Waals surface area contributed by atoms with Crippen LogP contribution < -0.4 is 0 Å². The summed E-state index contributed by atoms with van der Waals surface area (Å²) >= 11 is 0. The lowest BCUT2D eigenvalue weighted by Crippen LogP contribution is -2.42. The van der Waals surface area contributed by atoms with Crippen LogP contribution in [0.15, 0.2) is 35.6 Å². The molecule has 0 aromatic carbocycles. The van der Waals surface area contributed by atoms with Crippen LogP contribution in [-0.2, 0) is 27.5 Å². The molecule has 0 atom stereocenters. The van der Waals surface area contributed by atoms with E-state index in [9.17, 15) is 14.4 Å². The number of aliphatic hydroxyl groups is 1. The second-order valence-electron chi connectivity index (χ2n) is 8.31. The van der Waals surface area contributed by atoms with Crippen molar-refractivity contribution in [3.8, 4) is 0 Å². The summed E-state index contributed by atoms with van der Waals surface area (Å²) in [4.78, 5) is 35.1. The van der Waals surface area contributed by atoms with Crippen molar-refractivity contribution < 1.29 is 39.2 Å². The van der Waals surface area contributed by atoms with E-state index in [-0.39, 0.29) is 0 Å². The Balaban J connectivity index is 0.000000405. The maximum atomic E-state index is 10.3. The predicted octanol–water partition coefficient (Wildman–Crippen LogP) is 1.59. The Kier molecular flexibility index (Phi) is 11.9. The fourth-order valence-electron chi connectivity index (χ4n) is 3.20. The SMILES string of the molecule is C=Cn1ncc(CN(CCCN(C)C)Cc2ccco2)c1C.O=C(O)CC(O)(CC(=O)O)C(=O)O. The molecule has 2 rings (SSSR count). The predicted molar refractivity (Wildman–Crippen MR) is 126 cm³/mol. The third-order valence-electron chi connectivity index (χ3n) is 5.04. The largest absolute Gasteiger partial charge is 0.481 e. The van der Waals surface area contributed by atoms with Crippen molar-refractivity contribution in [2.45, 2.75) is 44.9 Å². The highest BCUT2D eigenvalue weighted by Gasteiger charge is 2.40. The van der Waals surface area contributed by atoms with Crippen molar-refractivity contribution in [2.24, 2.45) is 0 Å². The van der Waals surface area contributed by atoms with Gasteiger partial charge in [0.1, 0.15) is 5.76 Å². The molecular weight excluding hydrogens is 460 g/mol. The molecule has 0 amide bonds. The zero-order chi connectivity index (χ0) is 26.6. The van der Waals surface area contributed by atoms with Gasteiger partial charge in [0.05, 0.1) is 31.8 Å². The Morgan fingerprint density at radius 1 is 1.14 bits per heavy atom. The summed E-state index contributed by atoms with van der Waals surface area (Å²) < 4.78 is 7.32. The smallest absolute Gasteiger partial charge is 0.336 e. The second kappa shape index (κ2) is 14.0. The molecule has 0 aliphatic rings. The number of hydrogen-bond acceptors (Lipinski definition) is 8. The molecule has 2 heterocycles. The second-order valence-corrected chi connectivity index (χ2v) is 8.31. The molecular formula is C23H34N4O8. The van der Waals surface area contributed by atoms with Gasteiger partial charge in [0, 0.05) is 30.5 Å². The van der Waals surface area contributed by atoms with Crippen LogP contribution in [0.2, 0.25) is 0 Å². The van der Waals surface area contributed by atoms with E-state index in [2.05, 4.69) is 42.5 Å². The fourth-order valence-corrected chi connectivity index (χ4v) is 3.20. The van der Waals surface area contributed by atoms with E-state index in [0.29, 0.717) is 0 Å². The van der Waals surface area contributed by atoms with Crippen molar-refractivity contribution >= 4 is 24.1 Å². The minimum atomic E-state index is -2.74. The van der Waals surface area contributed by atoms with Crippen LogP contribution in [0.5, 0.6) is 0 Å². The summed E-state index contributed by atoms with van der Waals surface area (Å²) in [6.07, 6.45) is 4.24. The summed E-state index contributed by atoms with van der Waals surface area (Å²) in [5.41, 5.74) is -0.360. The molecule has 12 heteroatoms. The lowest BCUT2D eigenvalue weighted by molar-refractivity contribution is -0.170. The third kappa shape index (κ3) is 10.5. The lowest BCUT2D eigenvalue weighted by atomic mass is 9.96. The first-order valence-corrected chi connectivity index (χ1v) is 10.8. The van der Waals surface area contributed by atoms with Gasteiger partial charge in [0.15, 0.2) is 5.60 Å². The number of aliphatic carboxylic acids is 3. The van der Waals surface area contributed by atoms with Crippen molar-refractivity contribution in [2.75, 3.05) is 27.2 Å². The number of furan rings is 1.